The Kier molecular flexibility index (Phi) is 7.79. The number of nitrogens with one attached hydrogen (secondary N) is 2. The number of hydrogen-bond donors (Lipinski definition) is 3. The maximum atomic E-state index is 13.1. The van der Waals surface area contributed by atoms with Gasteiger partial charge in [-0.1, -0.05) is 49.2 Å². The van der Waals surface area contributed by atoms with Crippen LogP contribution < -0.4 is 10.6 Å². The molecular weight excluding hydrogens is 483 g/mol. The lowest BCUT2D eigenvalue weighted by molar-refractivity contribution is -0.128. The summed E-state index contributed by atoms with van der Waals surface area (Å²) in [4.78, 5) is 29.9. The number of benzene rings is 3. The summed E-state index contributed by atoms with van der Waals surface area (Å²) in [5.41, 5.74) is 4.52. The molecule has 0 aliphatic heterocycles. The lowest BCUT2D eigenvalue weighted by atomic mass is 9.75. The second kappa shape index (κ2) is 11.6. The van der Waals surface area contributed by atoms with E-state index in [0.717, 1.165) is 47.8 Å². The van der Waals surface area contributed by atoms with Crippen molar-refractivity contribution in [3.63, 3.8) is 0 Å². The van der Waals surface area contributed by atoms with Gasteiger partial charge in [0, 0.05) is 18.2 Å². The highest BCUT2D eigenvalue weighted by Gasteiger charge is 2.32. The molecule has 1 fully saturated rings. The topological polar surface area (TPSA) is 96.2 Å². The van der Waals surface area contributed by atoms with Gasteiger partial charge in [-0.25, -0.2) is 9.37 Å². The smallest absolute Gasteiger partial charge is 0.243 e. The van der Waals surface area contributed by atoms with E-state index < -0.39 is 0 Å². The molecule has 0 spiro atoms. The van der Waals surface area contributed by atoms with Crippen molar-refractivity contribution in [2.24, 2.45) is 5.92 Å². The first-order chi connectivity index (χ1) is 18.5. The minimum atomic E-state index is -0.377. The zero-order valence-corrected chi connectivity index (χ0v) is 21.1. The number of amides is 2. The summed E-state index contributed by atoms with van der Waals surface area (Å²) >= 11 is 0. The number of aromatic nitrogens is 2. The summed E-state index contributed by atoms with van der Waals surface area (Å²) in [6.07, 6.45) is 3.73. The van der Waals surface area contributed by atoms with E-state index in [4.69, 9.17) is 0 Å². The van der Waals surface area contributed by atoms with E-state index in [9.17, 15) is 19.1 Å². The van der Waals surface area contributed by atoms with E-state index in [1.165, 1.54) is 24.3 Å². The van der Waals surface area contributed by atoms with Crippen LogP contribution in [-0.4, -0.2) is 33.0 Å². The predicted molar refractivity (Wildman–Crippen MR) is 144 cm³/mol. The molecule has 5 rings (SSSR count). The molecule has 2 amide bonds. The molecule has 7 nitrogen and oxygen atoms in total. The summed E-state index contributed by atoms with van der Waals surface area (Å²) in [5.74, 6) is -0.339. The third-order valence-electron chi connectivity index (χ3n) is 7.28. The molecule has 38 heavy (non-hydrogen) atoms. The fourth-order valence-electron chi connectivity index (χ4n) is 5.36. The van der Waals surface area contributed by atoms with Crippen molar-refractivity contribution in [3.05, 3.63) is 95.6 Å². The lowest BCUT2D eigenvalue weighted by Crippen LogP contribution is -2.39. The Labute approximate surface area is 220 Å². The van der Waals surface area contributed by atoms with Crippen molar-refractivity contribution in [3.8, 4) is 0 Å². The second-order valence-corrected chi connectivity index (χ2v) is 9.77. The number of aliphatic hydroxyl groups is 1. The summed E-state index contributed by atoms with van der Waals surface area (Å²) in [6, 6.07) is 21.7. The molecule has 0 bridgehead atoms. The summed E-state index contributed by atoms with van der Waals surface area (Å²) in [5, 5.41) is 15.3. The average molecular weight is 515 g/mol. The van der Waals surface area contributed by atoms with Gasteiger partial charge < -0.3 is 20.3 Å². The molecule has 0 radical (unpaired) electrons. The van der Waals surface area contributed by atoms with Gasteiger partial charge in [-0.15, -0.1) is 0 Å². The molecule has 0 unspecified atom stereocenters. The van der Waals surface area contributed by atoms with E-state index in [1.807, 2.05) is 28.8 Å². The Morgan fingerprint density at radius 1 is 0.974 bits per heavy atom. The normalized spacial score (nSPS) is 17.3. The van der Waals surface area contributed by atoms with Crippen molar-refractivity contribution >= 4 is 28.5 Å². The highest BCUT2D eigenvalue weighted by molar-refractivity contribution is 5.94. The Bertz CT molecular complexity index is 1420. The van der Waals surface area contributed by atoms with E-state index in [2.05, 4.69) is 39.9 Å². The minimum Gasteiger partial charge on any atom is -0.388 e. The number of rotatable bonds is 8. The first-order valence-corrected chi connectivity index (χ1v) is 13.0. The third-order valence-corrected chi connectivity index (χ3v) is 7.28. The van der Waals surface area contributed by atoms with Crippen LogP contribution in [0.3, 0.4) is 0 Å². The van der Waals surface area contributed by atoms with E-state index in [0.29, 0.717) is 18.1 Å². The summed E-state index contributed by atoms with van der Waals surface area (Å²) in [7, 11) is 0. The molecule has 3 N–H and O–H groups in total. The summed E-state index contributed by atoms with van der Waals surface area (Å²) in [6.45, 7) is 0.326. The van der Waals surface area contributed by atoms with Crippen LogP contribution in [0, 0.1) is 11.7 Å². The largest absolute Gasteiger partial charge is 0.388 e. The molecule has 1 heterocycles. The number of hydrogen-bond acceptors (Lipinski definition) is 4. The summed E-state index contributed by atoms with van der Waals surface area (Å²) < 4.78 is 15.1. The van der Waals surface area contributed by atoms with Crippen LogP contribution >= 0.6 is 0 Å². The van der Waals surface area contributed by atoms with Crippen LogP contribution in [-0.2, 0) is 22.7 Å². The number of imidazole rings is 1. The van der Waals surface area contributed by atoms with Gasteiger partial charge in [-0.3, -0.25) is 9.59 Å². The standard InChI is InChI=1S/C30H31FN4O3/c31-22-13-15-23(16-14-22)33-29(37)17-32-30(38)25-6-2-1-5-24(25)21-11-9-20(10-12-21)18-35-27-8-4-3-7-26(27)34-28(35)19-36/h3-4,7-16,24-25,36H,1-2,5-6,17-19H2,(H,32,38)(H,33,37)/t24-,25+/m0/s1. The molecule has 196 valence electrons. The maximum absolute atomic E-state index is 13.1. The molecule has 1 aliphatic rings. The first kappa shape index (κ1) is 25.6. The second-order valence-electron chi connectivity index (χ2n) is 9.77. The fraction of sp³-hybridized carbons (Fsp3) is 0.300. The highest BCUT2D eigenvalue weighted by atomic mass is 19.1. The number of para-hydroxylation sites is 2. The molecule has 2 atom stereocenters. The number of carbonyl (C=O) groups is 2. The maximum Gasteiger partial charge on any atom is 0.243 e. The van der Waals surface area contributed by atoms with Crippen LogP contribution in [0.2, 0.25) is 0 Å². The van der Waals surface area contributed by atoms with Crippen molar-refractivity contribution in [1.82, 2.24) is 14.9 Å². The van der Waals surface area contributed by atoms with Gasteiger partial charge in [-0.05, 0) is 66.3 Å². The number of halogens is 1. The van der Waals surface area contributed by atoms with Gasteiger partial charge >= 0.3 is 0 Å². The van der Waals surface area contributed by atoms with E-state index in [1.54, 1.807) is 0 Å². The van der Waals surface area contributed by atoms with Gasteiger partial charge in [0.05, 0.1) is 17.6 Å². The molecule has 3 aromatic carbocycles. The van der Waals surface area contributed by atoms with Gasteiger partial charge in [0.1, 0.15) is 18.2 Å². The van der Waals surface area contributed by atoms with Gasteiger partial charge in [0.25, 0.3) is 0 Å². The monoisotopic (exact) mass is 514 g/mol. The van der Waals surface area contributed by atoms with Crippen LogP contribution in [0.25, 0.3) is 11.0 Å². The Hall–Kier alpha value is -4.04. The molecule has 1 aliphatic carbocycles. The highest BCUT2D eigenvalue weighted by Crippen LogP contribution is 2.38. The number of aliphatic hydroxyl groups excluding tert-OH is 1. The Morgan fingerprint density at radius 2 is 1.71 bits per heavy atom. The minimum absolute atomic E-state index is 0.0834. The quantitative estimate of drug-likeness (QED) is 0.316. The molecular formula is C30H31FN4O3. The number of carbonyl (C=O) groups excluding carboxylic acids is 2. The fourth-order valence-corrected chi connectivity index (χ4v) is 5.36. The van der Waals surface area contributed by atoms with E-state index in [-0.39, 0.29) is 42.6 Å². The molecule has 0 saturated heterocycles. The van der Waals surface area contributed by atoms with Crippen molar-refractivity contribution < 1.29 is 19.1 Å². The molecule has 8 heteroatoms. The number of anilines is 1. The van der Waals surface area contributed by atoms with Crippen LogP contribution in [0.4, 0.5) is 10.1 Å². The van der Waals surface area contributed by atoms with Crippen molar-refractivity contribution in [2.45, 2.75) is 44.8 Å². The lowest BCUT2D eigenvalue weighted by Gasteiger charge is -2.31. The van der Waals surface area contributed by atoms with Gasteiger partial charge in [0.2, 0.25) is 11.8 Å². The predicted octanol–water partition coefficient (Wildman–Crippen LogP) is 4.74. The van der Waals surface area contributed by atoms with Gasteiger partial charge in [-0.2, -0.15) is 0 Å². The van der Waals surface area contributed by atoms with E-state index >= 15 is 0 Å². The van der Waals surface area contributed by atoms with Crippen LogP contribution in [0.15, 0.2) is 72.8 Å². The zero-order chi connectivity index (χ0) is 26.5. The SMILES string of the molecule is O=C(CNC(=O)[C@@H]1CCCC[C@H]1c1ccc(Cn2c(CO)nc3ccccc32)cc1)Nc1ccc(F)cc1. The molecule has 1 saturated carbocycles. The van der Waals surface area contributed by atoms with Crippen LogP contribution in [0.5, 0.6) is 0 Å². The Balaban J connectivity index is 1.23. The number of nitrogens with zero attached hydrogens (tertiary/aromatic N) is 2. The zero-order valence-electron chi connectivity index (χ0n) is 21.1. The number of fused-ring (bicyclic) bond motifs is 1. The average Bonchev–Trinajstić information content (AvgIpc) is 3.31. The van der Waals surface area contributed by atoms with Crippen LogP contribution in [0.1, 0.15) is 48.6 Å². The first-order valence-electron chi connectivity index (χ1n) is 13.0. The van der Waals surface area contributed by atoms with Crippen molar-refractivity contribution in [2.75, 3.05) is 11.9 Å². The van der Waals surface area contributed by atoms with Gasteiger partial charge in [0.15, 0.2) is 0 Å². The Morgan fingerprint density at radius 3 is 2.47 bits per heavy atom. The van der Waals surface area contributed by atoms with Crippen molar-refractivity contribution in [1.29, 1.82) is 0 Å². The molecule has 4 aromatic rings. The third kappa shape index (κ3) is 5.75. The molecule has 1 aromatic heterocycles.